The number of hydrogen-bond acceptors (Lipinski definition) is 2. The predicted molar refractivity (Wildman–Crippen MR) is 48.0 cm³/mol. The van der Waals surface area contributed by atoms with Gasteiger partial charge in [-0.15, -0.1) is 0 Å². The Kier molecular flexibility index (Phi) is 6.78. The van der Waals surface area contributed by atoms with Crippen molar-refractivity contribution < 1.29 is 9.53 Å². The normalized spacial score (nSPS) is 10.7. The van der Waals surface area contributed by atoms with Crippen molar-refractivity contribution in [2.75, 3.05) is 19.4 Å². The monoisotopic (exact) mass is 162 g/mol. The number of carbonyl (C=O) groups is 1. The summed E-state index contributed by atoms with van der Waals surface area (Å²) in [5.41, 5.74) is 0. The molecular formula is C7H15O2P. The summed E-state index contributed by atoms with van der Waals surface area (Å²) < 4.78 is 5.01. The number of ketones is 1. The predicted octanol–water partition coefficient (Wildman–Crippen LogP) is 0.488. The molecule has 3 heteroatoms. The Morgan fingerprint density at radius 2 is 2.40 bits per heavy atom. The molecule has 0 saturated heterocycles. The van der Waals surface area contributed by atoms with Crippen LogP contribution in [0.1, 0.15) is 6.92 Å². The minimum absolute atomic E-state index is 0.219. The van der Waals surface area contributed by atoms with E-state index in [2.05, 4.69) is 0 Å². The molecule has 0 rings (SSSR count). The Bertz CT molecular complexity index is 121. The van der Waals surface area contributed by atoms with Crippen LogP contribution in [0.5, 0.6) is 0 Å². The number of hydrogen-bond donors (Lipinski definition) is 0. The molecule has 0 atom stereocenters. The van der Waals surface area contributed by atoms with Crippen molar-refractivity contribution in [2.24, 2.45) is 0 Å². The first kappa shape index (κ1) is 9.80. The summed E-state index contributed by atoms with van der Waals surface area (Å²) in [6.45, 7) is 2.77. The molecule has 0 amide bonds. The molecule has 0 N–H and O–H groups in total. The van der Waals surface area contributed by atoms with Crippen LogP contribution in [0.4, 0.5) is 0 Å². The fourth-order valence-corrected chi connectivity index (χ4v) is 0.643. The third kappa shape index (κ3) is 5.93. The molecular weight excluding hydrogens is 147 g/mol. The molecule has 0 heterocycles. The Morgan fingerprint density at radius 1 is 1.70 bits per heavy atom. The number of Topliss-reactive ketones (excluding diaryl/α,β-unsaturated/α-hetero) is 1. The van der Waals surface area contributed by atoms with Crippen LogP contribution in [0.25, 0.3) is 0 Å². The van der Waals surface area contributed by atoms with Crippen LogP contribution in [0.2, 0.25) is 0 Å². The second-order valence-electron chi connectivity index (χ2n) is 1.98. The number of rotatable bonds is 5. The van der Waals surface area contributed by atoms with Gasteiger partial charge >= 0.3 is 63.0 Å². The van der Waals surface area contributed by atoms with E-state index in [1.807, 2.05) is 19.1 Å². The summed E-state index contributed by atoms with van der Waals surface area (Å²) in [6, 6.07) is 0. The molecule has 0 aromatic heterocycles. The molecule has 0 fully saturated rings. The van der Waals surface area contributed by atoms with Crippen LogP contribution in [0, 0.1) is 0 Å². The van der Waals surface area contributed by atoms with E-state index in [-0.39, 0.29) is 12.4 Å². The number of allylic oxidation sites excluding steroid dienone is 1. The van der Waals surface area contributed by atoms with Crippen molar-refractivity contribution in [3.8, 4) is 0 Å². The zero-order valence-corrected chi connectivity index (χ0v) is 8.59. The van der Waals surface area contributed by atoms with E-state index in [1.54, 1.807) is 0 Å². The van der Waals surface area contributed by atoms with Crippen LogP contribution >= 0.6 is 9.24 Å². The molecule has 0 aliphatic carbocycles. The first-order chi connectivity index (χ1) is 4.81. The molecule has 60 valence electrons. The SMILES string of the molecule is C/C=C/COCC(=O)C[PH4]. The molecule has 10 heavy (non-hydrogen) atoms. The van der Waals surface area contributed by atoms with Gasteiger partial charge < -0.3 is 0 Å². The standard InChI is InChI=1S/C7H15O2P/c1-2-3-4-9-5-7(8)6-10/h2-3H,4-6H2,1H3,10H4/b3-2+. The quantitative estimate of drug-likeness (QED) is 0.334. The van der Waals surface area contributed by atoms with Crippen LogP contribution in [-0.2, 0) is 9.53 Å². The number of carbonyl (C=O) groups excluding carboxylic acids is 1. The Labute approximate surface area is 63.8 Å². The van der Waals surface area contributed by atoms with Crippen LogP contribution in [0.3, 0.4) is 0 Å². The van der Waals surface area contributed by atoms with Gasteiger partial charge in [-0.1, -0.05) is 0 Å². The summed E-state index contributed by atoms with van der Waals surface area (Å²) in [5, 5.41) is 0. The van der Waals surface area contributed by atoms with E-state index in [0.717, 1.165) is 9.24 Å². The van der Waals surface area contributed by atoms with Crippen LogP contribution in [0.15, 0.2) is 12.2 Å². The van der Waals surface area contributed by atoms with Gasteiger partial charge in [-0.3, -0.25) is 0 Å². The fourth-order valence-electron chi connectivity index (χ4n) is 0.439. The topological polar surface area (TPSA) is 26.3 Å². The van der Waals surface area contributed by atoms with Crippen molar-refractivity contribution in [3.63, 3.8) is 0 Å². The molecule has 2 nitrogen and oxygen atoms in total. The van der Waals surface area contributed by atoms with E-state index in [0.29, 0.717) is 12.8 Å². The van der Waals surface area contributed by atoms with Crippen molar-refractivity contribution in [3.05, 3.63) is 12.2 Å². The Morgan fingerprint density at radius 3 is 2.90 bits per heavy atom. The molecule has 0 bridgehead atoms. The molecule has 0 radical (unpaired) electrons. The first-order valence-electron chi connectivity index (χ1n) is 3.51. The maximum absolute atomic E-state index is 10.7. The zero-order valence-electron chi connectivity index (χ0n) is 6.59. The zero-order chi connectivity index (χ0) is 7.82. The molecule has 0 aliphatic heterocycles. The van der Waals surface area contributed by atoms with Crippen molar-refractivity contribution >= 4 is 15.0 Å². The summed E-state index contributed by atoms with van der Waals surface area (Å²) >= 11 is 0. The van der Waals surface area contributed by atoms with E-state index in [1.165, 1.54) is 0 Å². The maximum atomic E-state index is 10.7. The van der Waals surface area contributed by atoms with E-state index < -0.39 is 0 Å². The molecule has 0 aromatic rings. The average Bonchev–Trinajstić information content (AvgIpc) is 1.98. The molecule has 0 unspecified atom stereocenters. The van der Waals surface area contributed by atoms with Gasteiger partial charge in [-0.2, -0.15) is 0 Å². The number of ether oxygens (including phenoxy) is 1. The average molecular weight is 162 g/mol. The van der Waals surface area contributed by atoms with Crippen LogP contribution < -0.4 is 0 Å². The molecule has 0 saturated carbocycles. The summed E-state index contributed by atoms with van der Waals surface area (Å²) in [7, 11) is 0.945. The van der Waals surface area contributed by atoms with Gasteiger partial charge in [-0.05, 0) is 0 Å². The Balaban J connectivity index is 3.11. The van der Waals surface area contributed by atoms with Gasteiger partial charge in [0, 0.05) is 0 Å². The van der Waals surface area contributed by atoms with Gasteiger partial charge in [0.1, 0.15) is 0 Å². The van der Waals surface area contributed by atoms with Crippen molar-refractivity contribution in [1.29, 1.82) is 0 Å². The Hall–Kier alpha value is -0.200. The van der Waals surface area contributed by atoms with E-state index >= 15 is 0 Å². The van der Waals surface area contributed by atoms with Gasteiger partial charge in [0.2, 0.25) is 0 Å². The summed E-state index contributed by atoms with van der Waals surface area (Å²) in [4.78, 5) is 10.7. The third-order valence-electron chi connectivity index (χ3n) is 1.11. The van der Waals surface area contributed by atoms with Gasteiger partial charge in [0.05, 0.1) is 0 Å². The molecule has 0 aliphatic rings. The first-order valence-corrected chi connectivity index (χ1v) is 4.93. The second-order valence-corrected chi connectivity index (χ2v) is 2.68. The molecule has 0 spiro atoms. The molecule has 0 aromatic carbocycles. The van der Waals surface area contributed by atoms with Crippen LogP contribution in [-0.4, -0.2) is 25.2 Å². The van der Waals surface area contributed by atoms with Gasteiger partial charge in [0.15, 0.2) is 0 Å². The summed E-state index contributed by atoms with van der Waals surface area (Å²) in [6.07, 6.45) is 4.50. The van der Waals surface area contributed by atoms with Gasteiger partial charge in [0.25, 0.3) is 0 Å². The minimum atomic E-state index is 0.219. The van der Waals surface area contributed by atoms with Gasteiger partial charge in [-0.25, -0.2) is 0 Å². The van der Waals surface area contributed by atoms with Crippen molar-refractivity contribution in [2.45, 2.75) is 6.92 Å². The third-order valence-corrected chi connectivity index (χ3v) is 1.90. The van der Waals surface area contributed by atoms with Crippen molar-refractivity contribution in [1.82, 2.24) is 0 Å². The van der Waals surface area contributed by atoms with E-state index in [9.17, 15) is 4.79 Å². The fraction of sp³-hybridized carbons (Fsp3) is 0.571. The van der Waals surface area contributed by atoms with E-state index in [4.69, 9.17) is 4.74 Å². The summed E-state index contributed by atoms with van der Waals surface area (Å²) in [5.74, 6) is 0.219. The second kappa shape index (κ2) is 6.91.